The Bertz CT molecular complexity index is 220. The Morgan fingerprint density at radius 2 is 0.720 bits per heavy atom. The Morgan fingerprint density at radius 3 is 0.960 bits per heavy atom. The van der Waals surface area contributed by atoms with Crippen LogP contribution in [-0.2, 0) is 0 Å². The summed E-state index contributed by atoms with van der Waals surface area (Å²) in [5.41, 5.74) is 3.16. The van der Waals surface area contributed by atoms with E-state index in [-0.39, 0.29) is 0 Å². The largest absolute Gasteiger partial charge is 0.0654 e. The lowest BCUT2D eigenvalue weighted by Gasteiger charge is -2.34. The van der Waals surface area contributed by atoms with E-state index in [0.717, 1.165) is 16.6 Å². The summed E-state index contributed by atoms with van der Waals surface area (Å²) >= 11 is 0. The molecule has 0 aromatic carbocycles. The molecule has 0 bridgehead atoms. The van der Waals surface area contributed by atoms with E-state index in [4.69, 9.17) is 0 Å². The van der Waals surface area contributed by atoms with Gasteiger partial charge in [0, 0.05) is 8.80 Å². The fraction of sp³-hybridized carbons (Fsp3) is 1.00. The van der Waals surface area contributed by atoms with Gasteiger partial charge in [0.15, 0.2) is 0 Å². The molecule has 152 valence electrons. The van der Waals surface area contributed by atoms with Crippen LogP contribution in [0.4, 0.5) is 0 Å². The third kappa shape index (κ3) is 13.1. The maximum Gasteiger partial charge on any atom is 0.0453 e. The lowest BCUT2D eigenvalue weighted by Crippen LogP contribution is -2.29. The van der Waals surface area contributed by atoms with Crippen molar-refractivity contribution in [3.8, 4) is 0 Å². The molecule has 25 heavy (non-hydrogen) atoms. The number of unbranched alkanes of at least 4 members (excludes halogenated alkanes) is 9. The van der Waals surface area contributed by atoms with Crippen LogP contribution in [0.2, 0.25) is 16.6 Å². The second-order valence-corrected chi connectivity index (χ2v) is 13.6. The Balaban J connectivity index is 4.49. The summed E-state index contributed by atoms with van der Waals surface area (Å²) in [5.74, 6) is 0. The van der Waals surface area contributed by atoms with Crippen molar-refractivity contribution in [2.75, 3.05) is 0 Å². The van der Waals surface area contributed by atoms with E-state index >= 15 is 0 Å². The number of hydrogen-bond acceptors (Lipinski definition) is 0. The van der Waals surface area contributed by atoms with Gasteiger partial charge in [0.25, 0.3) is 0 Å². The quantitative estimate of drug-likeness (QED) is 0.167. The summed E-state index contributed by atoms with van der Waals surface area (Å²) in [6, 6.07) is 0. The fourth-order valence-corrected chi connectivity index (χ4v) is 10.2. The van der Waals surface area contributed by atoms with Crippen LogP contribution in [0, 0.1) is 0 Å². The number of hydrogen-bond donors (Lipinski definition) is 0. The van der Waals surface area contributed by atoms with E-state index in [9.17, 15) is 0 Å². The van der Waals surface area contributed by atoms with Gasteiger partial charge in [0.05, 0.1) is 0 Å². The van der Waals surface area contributed by atoms with E-state index in [1.165, 1.54) is 96.3 Å². The maximum absolute atomic E-state index is 2.63. The first kappa shape index (κ1) is 25.2. The first-order chi connectivity index (χ1) is 12.1. The molecule has 0 nitrogen and oxygen atoms in total. The second-order valence-electron chi connectivity index (χ2n) is 9.06. The standard InChI is InChI=1S/C24H52Si/c1-7-10-13-16-19-22(4)25(23(5)20-17-14-11-8-2)24(6)21-18-15-12-9-3/h22-25H,7-21H2,1-6H3. The van der Waals surface area contributed by atoms with Crippen LogP contribution < -0.4 is 0 Å². The highest BCUT2D eigenvalue weighted by atomic mass is 28.3. The third-order valence-electron chi connectivity index (χ3n) is 6.51. The third-order valence-corrected chi connectivity index (χ3v) is 11.5. The lowest BCUT2D eigenvalue weighted by molar-refractivity contribution is 0.570. The maximum atomic E-state index is 2.63. The first-order valence-electron chi connectivity index (χ1n) is 12.1. The SMILES string of the molecule is CCCCCCC(C)[SiH](C(C)CCCCCC)C(C)CCCCCC. The van der Waals surface area contributed by atoms with Crippen molar-refractivity contribution in [1.82, 2.24) is 0 Å². The van der Waals surface area contributed by atoms with E-state index in [0.29, 0.717) is 0 Å². The van der Waals surface area contributed by atoms with Gasteiger partial charge in [-0.1, -0.05) is 154 Å². The number of rotatable bonds is 18. The minimum absolute atomic E-state index is 0.671. The van der Waals surface area contributed by atoms with Crippen LogP contribution in [0.1, 0.15) is 138 Å². The zero-order valence-corrected chi connectivity index (χ0v) is 20.1. The molecule has 0 rings (SSSR count). The van der Waals surface area contributed by atoms with Gasteiger partial charge in [-0.3, -0.25) is 0 Å². The van der Waals surface area contributed by atoms with Crippen molar-refractivity contribution in [2.45, 2.75) is 154 Å². The predicted molar refractivity (Wildman–Crippen MR) is 122 cm³/mol. The molecule has 3 unspecified atom stereocenters. The minimum atomic E-state index is -0.671. The van der Waals surface area contributed by atoms with Gasteiger partial charge in [-0.05, 0) is 0 Å². The topological polar surface area (TPSA) is 0 Å². The second kappa shape index (κ2) is 17.6. The first-order valence-corrected chi connectivity index (χ1v) is 14.1. The van der Waals surface area contributed by atoms with Crippen molar-refractivity contribution in [3.05, 3.63) is 0 Å². The molecule has 0 saturated heterocycles. The molecule has 3 atom stereocenters. The summed E-state index contributed by atoms with van der Waals surface area (Å²) < 4.78 is 0. The Hall–Kier alpha value is 0.217. The van der Waals surface area contributed by atoms with Crippen molar-refractivity contribution in [1.29, 1.82) is 0 Å². The molecule has 0 aliphatic heterocycles. The van der Waals surface area contributed by atoms with Gasteiger partial charge in [-0.15, -0.1) is 0 Å². The average molecular weight is 369 g/mol. The molecule has 0 saturated carbocycles. The van der Waals surface area contributed by atoms with E-state index < -0.39 is 8.80 Å². The van der Waals surface area contributed by atoms with Gasteiger partial charge in [-0.25, -0.2) is 0 Å². The molecule has 0 aromatic rings. The van der Waals surface area contributed by atoms with Gasteiger partial charge in [0.2, 0.25) is 0 Å². The van der Waals surface area contributed by atoms with Gasteiger partial charge >= 0.3 is 0 Å². The molecule has 0 N–H and O–H groups in total. The summed E-state index contributed by atoms with van der Waals surface area (Å²) in [6.07, 6.45) is 21.9. The van der Waals surface area contributed by atoms with Crippen LogP contribution in [0.5, 0.6) is 0 Å². The molecular formula is C24H52Si. The molecular weight excluding hydrogens is 316 g/mol. The Labute approximate surface area is 163 Å². The molecule has 0 amide bonds. The van der Waals surface area contributed by atoms with Crippen LogP contribution >= 0.6 is 0 Å². The smallest absolute Gasteiger partial charge is 0.0453 e. The van der Waals surface area contributed by atoms with Crippen molar-refractivity contribution < 1.29 is 0 Å². The highest BCUT2D eigenvalue weighted by Gasteiger charge is 2.29. The summed E-state index contributed by atoms with van der Waals surface area (Å²) in [6.45, 7) is 14.9. The minimum Gasteiger partial charge on any atom is -0.0654 e. The molecule has 0 aliphatic rings. The van der Waals surface area contributed by atoms with Crippen LogP contribution in [-0.4, -0.2) is 8.80 Å². The van der Waals surface area contributed by atoms with E-state index in [2.05, 4.69) is 41.5 Å². The molecule has 0 aliphatic carbocycles. The highest BCUT2D eigenvalue weighted by molar-refractivity contribution is 6.63. The van der Waals surface area contributed by atoms with Crippen molar-refractivity contribution >= 4 is 8.80 Å². The van der Waals surface area contributed by atoms with Gasteiger partial charge < -0.3 is 0 Å². The molecule has 0 spiro atoms. The van der Waals surface area contributed by atoms with E-state index in [1.54, 1.807) is 0 Å². The fourth-order valence-electron chi connectivity index (χ4n) is 4.94. The molecule has 0 aromatic heterocycles. The monoisotopic (exact) mass is 368 g/mol. The Morgan fingerprint density at radius 1 is 0.440 bits per heavy atom. The summed E-state index contributed by atoms with van der Waals surface area (Å²) in [4.78, 5) is 0. The molecule has 1 heteroatoms. The van der Waals surface area contributed by atoms with Gasteiger partial charge in [-0.2, -0.15) is 0 Å². The zero-order chi connectivity index (χ0) is 18.9. The normalized spacial score (nSPS) is 16.6. The average Bonchev–Trinajstić information content (AvgIpc) is 2.59. The highest BCUT2D eigenvalue weighted by Crippen LogP contribution is 2.39. The molecule has 0 fully saturated rings. The van der Waals surface area contributed by atoms with Crippen LogP contribution in [0.15, 0.2) is 0 Å². The predicted octanol–water partition coefficient (Wildman–Crippen LogP) is 9.29. The lowest BCUT2D eigenvalue weighted by atomic mass is 10.1. The van der Waals surface area contributed by atoms with Gasteiger partial charge in [0.1, 0.15) is 0 Å². The van der Waals surface area contributed by atoms with Crippen molar-refractivity contribution in [3.63, 3.8) is 0 Å². The zero-order valence-electron chi connectivity index (χ0n) is 18.9. The summed E-state index contributed by atoms with van der Waals surface area (Å²) in [7, 11) is -0.671. The Kier molecular flexibility index (Phi) is 17.8. The molecule has 0 heterocycles. The van der Waals surface area contributed by atoms with Crippen LogP contribution in [0.25, 0.3) is 0 Å². The van der Waals surface area contributed by atoms with Crippen molar-refractivity contribution in [2.24, 2.45) is 0 Å². The summed E-state index contributed by atoms with van der Waals surface area (Å²) in [5, 5.41) is 0. The molecule has 0 radical (unpaired) electrons. The van der Waals surface area contributed by atoms with E-state index in [1.807, 2.05) is 0 Å². The van der Waals surface area contributed by atoms with Crippen LogP contribution in [0.3, 0.4) is 0 Å².